The van der Waals surface area contributed by atoms with Crippen LogP contribution in [0.15, 0.2) is 23.4 Å². The van der Waals surface area contributed by atoms with E-state index in [4.69, 9.17) is 10.6 Å². The maximum absolute atomic E-state index is 12.2. The third-order valence-electron chi connectivity index (χ3n) is 3.81. The number of anilines is 1. The molecule has 1 aliphatic rings. The largest absolute Gasteiger partial charge is 0.497 e. The maximum Gasteiger partial charge on any atom is 0.236 e. The molecule has 1 saturated carbocycles. The monoisotopic (exact) mass is 376 g/mol. The van der Waals surface area contributed by atoms with Crippen molar-refractivity contribution in [3.05, 3.63) is 24.0 Å². The molecule has 25 heavy (non-hydrogen) atoms. The quantitative estimate of drug-likeness (QED) is 0.501. The molecule has 8 nitrogen and oxygen atoms in total. The summed E-state index contributed by atoms with van der Waals surface area (Å²) in [7, 11) is 1.62. The van der Waals surface area contributed by atoms with Gasteiger partial charge in [0.25, 0.3) is 0 Å². The number of rotatable bonds is 6. The Hall–Kier alpha value is -2.33. The lowest BCUT2D eigenvalue weighted by Crippen LogP contribution is -2.17. The molecule has 3 N–H and O–H groups in total. The Labute approximate surface area is 151 Å². The van der Waals surface area contributed by atoms with Crippen LogP contribution in [0.2, 0.25) is 0 Å². The molecule has 2 heterocycles. The first-order chi connectivity index (χ1) is 12.1. The predicted octanol–water partition coefficient (Wildman–Crippen LogP) is 2.22. The molecule has 1 aliphatic carbocycles. The van der Waals surface area contributed by atoms with Gasteiger partial charge in [-0.15, -0.1) is 10.2 Å². The first-order valence-electron chi connectivity index (χ1n) is 7.71. The molecule has 1 aromatic carbocycles. The highest BCUT2D eigenvalue weighted by Crippen LogP contribution is 2.39. The lowest BCUT2D eigenvalue weighted by atomic mass is 10.3. The summed E-state index contributed by atoms with van der Waals surface area (Å²) in [6.07, 6.45) is 2.20. The number of thiazole rings is 1. The van der Waals surface area contributed by atoms with Gasteiger partial charge in [-0.25, -0.2) is 9.66 Å². The van der Waals surface area contributed by atoms with E-state index in [2.05, 4.69) is 20.5 Å². The zero-order valence-corrected chi connectivity index (χ0v) is 15.1. The van der Waals surface area contributed by atoms with Crippen molar-refractivity contribution in [1.82, 2.24) is 19.9 Å². The van der Waals surface area contributed by atoms with Crippen molar-refractivity contribution in [2.45, 2.75) is 23.9 Å². The van der Waals surface area contributed by atoms with E-state index in [0.29, 0.717) is 16.2 Å². The van der Waals surface area contributed by atoms with Gasteiger partial charge in [-0.1, -0.05) is 23.1 Å². The van der Waals surface area contributed by atoms with Crippen LogP contribution in [-0.4, -0.2) is 38.6 Å². The summed E-state index contributed by atoms with van der Waals surface area (Å²) in [6, 6.07) is 5.61. The highest BCUT2D eigenvalue weighted by Gasteiger charge is 2.30. The second kappa shape index (κ2) is 6.52. The predicted molar refractivity (Wildman–Crippen MR) is 97.7 cm³/mol. The summed E-state index contributed by atoms with van der Waals surface area (Å²) < 4.78 is 7.64. The van der Waals surface area contributed by atoms with E-state index < -0.39 is 0 Å². The molecule has 3 aromatic rings. The molecule has 0 atom stereocenters. The fraction of sp³-hybridized carbons (Fsp3) is 0.333. The summed E-state index contributed by atoms with van der Waals surface area (Å²) in [4.78, 5) is 16.6. The van der Waals surface area contributed by atoms with Gasteiger partial charge >= 0.3 is 0 Å². The number of nitrogen functional groups attached to an aromatic ring is 1. The number of hydrogen-bond donors (Lipinski definition) is 2. The Morgan fingerprint density at radius 2 is 2.32 bits per heavy atom. The second-order valence-electron chi connectivity index (χ2n) is 5.67. The van der Waals surface area contributed by atoms with Crippen LogP contribution in [0.4, 0.5) is 5.13 Å². The number of ether oxygens (including phenoxy) is 1. The van der Waals surface area contributed by atoms with Crippen molar-refractivity contribution in [3.63, 3.8) is 0 Å². The Morgan fingerprint density at radius 3 is 3.08 bits per heavy atom. The highest BCUT2D eigenvalue weighted by atomic mass is 32.2. The van der Waals surface area contributed by atoms with E-state index in [1.165, 1.54) is 27.8 Å². The fourth-order valence-corrected chi connectivity index (χ4v) is 3.95. The molecule has 0 saturated heterocycles. The van der Waals surface area contributed by atoms with Gasteiger partial charge in [0.1, 0.15) is 5.75 Å². The van der Waals surface area contributed by atoms with Crippen molar-refractivity contribution in [1.29, 1.82) is 0 Å². The number of carbonyl (C=O) groups excluding carboxylic acids is 1. The molecule has 1 amide bonds. The van der Waals surface area contributed by atoms with Gasteiger partial charge < -0.3 is 15.9 Å². The standard InChI is InChI=1S/C15H16N6O2S2/c1-23-9-4-5-10-11(6-9)25-14(17-10)18-12(22)7-24-15-20-19-13(21(15)16)8-2-3-8/h4-6,8H,2-3,7,16H2,1H3,(H,17,18,22). The van der Waals surface area contributed by atoms with Crippen LogP contribution < -0.4 is 15.9 Å². The minimum Gasteiger partial charge on any atom is -0.497 e. The molecule has 0 radical (unpaired) electrons. The fourth-order valence-electron chi connectivity index (χ4n) is 2.38. The molecule has 130 valence electrons. The van der Waals surface area contributed by atoms with Crippen LogP contribution in [0.5, 0.6) is 5.75 Å². The van der Waals surface area contributed by atoms with E-state index in [1.807, 2.05) is 18.2 Å². The molecule has 4 rings (SSSR count). The van der Waals surface area contributed by atoms with E-state index in [-0.39, 0.29) is 11.7 Å². The van der Waals surface area contributed by atoms with Crippen molar-refractivity contribution in [2.75, 3.05) is 24.0 Å². The van der Waals surface area contributed by atoms with E-state index in [1.54, 1.807) is 7.11 Å². The Balaban J connectivity index is 1.38. The molecule has 0 unspecified atom stereocenters. The van der Waals surface area contributed by atoms with Gasteiger partial charge in [0.2, 0.25) is 11.1 Å². The first-order valence-corrected chi connectivity index (χ1v) is 9.52. The lowest BCUT2D eigenvalue weighted by Gasteiger charge is -2.02. The smallest absolute Gasteiger partial charge is 0.236 e. The number of thioether (sulfide) groups is 1. The van der Waals surface area contributed by atoms with E-state index in [0.717, 1.165) is 34.6 Å². The van der Waals surface area contributed by atoms with Gasteiger partial charge in [0, 0.05) is 5.92 Å². The number of methoxy groups -OCH3 is 1. The summed E-state index contributed by atoms with van der Waals surface area (Å²) in [6.45, 7) is 0. The first kappa shape index (κ1) is 16.2. The molecule has 0 aliphatic heterocycles. The summed E-state index contributed by atoms with van der Waals surface area (Å²) in [5.41, 5.74) is 0.824. The van der Waals surface area contributed by atoms with Crippen LogP contribution in [0, 0.1) is 0 Å². The van der Waals surface area contributed by atoms with Gasteiger partial charge in [-0.05, 0) is 31.0 Å². The molecular weight excluding hydrogens is 360 g/mol. The van der Waals surface area contributed by atoms with Crippen LogP contribution in [0.25, 0.3) is 10.2 Å². The van der Waals surface area contributed by atoms with Crippen LogP contribution >= 0.6 is 23.1 Å². The number of nitrogens with two attached hydrogens (primary N) is 1. The third-order valence-corrected chi connectivity index (χ3v) is 5.68. The number of aromatic nitrogens is 4. The maximum atomic E-state index is 12.2. The van der Waals surface area contributed by atoms with Crippen LogP contribution in [-0.2, 0) is 4.79 Å². The number of benzene rings is 1. The number of nitrogens with zero attached hydrogens (tertiary/aromatic N) is 4. The van der Waals surface area contributed by atoms with E-state index >= 15 is 0 Å². The Kier molecular flexibility index (Phi) is 4.22. The highest BCUT2D eigenvalue weighted by molar-refractivity contribution is 7.99. The topological polar surface area (TPSA) is 108 Å². The average Bonchev–Trinajstić information content (AvgIpc) is 3.26. The number of nitrogens with one attached hydrogen (secondary N) is 1. The van der Waals surface area contributed by atoms with Crippen LogP contribution in [0.1, 0.15) is 24.6 Å². The molecule has 0 spiro atoms. The zero-order chi connectivity index (χ0) is 17.4. The van der Waals surface area contributed by atoms with Crippen molar-refractivity contribution in [3.8, 4) is 5.75 Å². The van der Waals surface area contributed by atoms with E-state index in [9.17, 15) is 4.79 Å². The summed E-state index contributed by atoms with van der Waals surface area (Å²) in [5.74, 6) is 7.99. The Morgan fingerprint density at radius 1 is 1.48 bits per heavy atom. The van der Waals surface area contributed by atoms with Gasteiger partial charge in [-0.3, -0.25) is 4.79 Å². The number of hydrogen-bond acceptors (Lipinski definition) is 8. The summed E-state index contributed by atoms with van der Waals surface area (Å²) in [5, 5.41) is 12.1. The summed E-state index contributed by atoms with van der Waals surface area (Å²) >= 11 is 2.67. The third kappa shape index (κ3) is 3.40. The molecular formula is C15H16N6O2S2. The van der Waals surface area contributed by atoms with Crippen molar-refractivity contribution >= 4 is 44.4 Å². The average molecular weight is 376 g/mol. The van der Waals surface area contributed by atoms with Gasteiger partial charge in [-0.2, -0.15) is 0 Å². The van der Waals surface area contributed by atoms with Crippen molar-refractivity contribution < 1.29 is 9.53 Å². The zero-order valence-electron chi connectivity index (χ0n) is 13.4. The molecule has 10 heteroatoms. The van der Waals surface area contributed by atoms with Gasteiger partial charge in [0.05, 0.1) is 23.1 Å². The minimum atomic E-state index is -0.160. The second-order valence-corrected chi connectivity index (χ2v) is 7.65. The van der Waals surface area contributed by atoms with Crippen molar-refractivity contribution in [2.24, 2.45) is 0 Å². The Bertz CT molecular complexity index is 933. The molecule has 1 fully saturated rings. The molecule has 2 aromatic heterocycles. The number of carbonyl (C=O) groups is 1. The number of amides is 1. The SMILES string of the molecule is COc1ccc2nc(NC(=O)CSc3nnc(C4CC4)n3N)sc2c1. The van der Waals surface area contributed by atoms with Gasteiger partial charge in [0.15, 0.2) is 11.0 Å². The normalized spacial score (nSPS) is 14.0. The molecule has 0 bridgehead atoms. The van der Waals surface area contributed by atoms with Crippen LogP contribution in [0.3, 0.4) is 0 Å². The lowest BCUT2D eigenvalue weighted by molar-refractivity contribution is -0.113. The number of fused-ring (bicyclic) bond motifs is 1. The minimum absolute atomic E-state index is 0.160.